The van der Waals surface area contributed by atoms with Gasteiger partial charge in [0, 0.05) is 11.3 Å². The summed E-state index contributed by atoms with van der Waals surface area (Å²) in [7, 11) is 4.02. The third kappa shape index (κ3) is 4.48. The van der Waals surface area contributed by atoms with Crippen LogP contribution in [0.2, 0.25) is 0 Å². The van der Waals surface area contributed by atoms with Crippen molar-refractivity contribution < 1.29 is 14.6 Å². The van der Waals surface area contributed by atoms with E-state index in [1.807, 2.05) is 68.3 Å². The van der Waals surface area contributed by atoms with E-state index >= 15 is 0 Å². The fourth-order valence-corrected chi connectivity index (χ4v) is 4.26. The van der Waals surface area contributed by atoms with Gasteiger partial charge in [0.15, 0.2) is 0 Å². The van der Waals surface area contributed by atoms with E-state index in [4.69, 9.17) is 4.74 Å². The third-order valence-corrected chi connectivity index (χ3v) is 6.30. The molecule has 26 heavy (non-hydrogen) atoms. The van der Waals surface area contributed by atoms with Crippen LogP contribution in [0.1, 0.15) is 11.1 Å². The van der Waals surface area contributed by atoms with Crippen LogP contribution in [-0.2, 0) is 16.0 Å². The fourth-order valence-electron chi connectivity index (χ4n) is 2.86. The van der Waals surface area contributed by atoms with E-state index in [-0.39, 0.29) is 16.6 Å². The molecule has 1 aliphatic rings. The van der Waals surface area contributed by atoms with E-state index in [9.17, 15) is 9.90 Å². The zero-order valence-electron chi connectivity index (χ0n) is 15.0. The van der Waals surface area contributed by atoms with Gasteiger partial charge in [0.1, 0.15) is 17.2 Å². The Labute approximate surface area is 158 Å². The number of benzene rings is 2. The van der Waals surface area contributed by atoms with Crippen molar-refractivity contribution in [1.29, 1.82) is 0 Å². The van der Waals surface area contributed by atoms with E-state index in [1.54, 1.807) is 18.2 Å². The Morgan fingerprint density at radius 1 is 1.19 bits per heavy atom. The molecule has 0 saturated carbocycles. The molecule has 0 spiro atoms. The van der Waals surface area contributed by atoms with Crippen molar-refractivity contribution in [2.24, 2.45) is 0 Å². The minimum Gasteiger partial charge on any atom is -0.508 e. The maximum Gasteiger partial charge on any atom is 0.330 e. The molecule has 0 aliphatic carbocycles. The van der Waals surface area contributed by atoms with Gasteiger partial charge >= 0.3 is 5.97 Å². The lowest BCUT2D eigenvalue weighted by atomic mass is 10.0. The lowest BCUT2D eigenvalue weighted by Crippen LogP contribution is -2.39. The second-order valence-electron chi connectivity index (χ2n) is 6.57. The van der Waals surface area contributed by atoms with Crippen LogP contribution in [0.15, 0.2) is 60.7 Å². The topological polar surface area (TPSA) is 49.8 Å². The molecule has 1 saturated heterocycles. The summed E-state index contributed by atoms with van der Waals surface area (Å²) in [5, 5.41) is 9.75. The Morgan fingerprint density at radius 2 is 1.88 bits per heavy atom. The van der Waals surface area contributed by atoms with Gasteiger partial charge in [-0.05, 0) is 49.9 Å². The molecule has 1 N–H and O–H groups in total. The predicted octanol–water partition coefficient (Wildman–Crippen LogP) is 3.56. The maximum absolute atomic E-state index is 12.1. The van der Waals surface area contributed by atoms with Crippen LogP contribution >= 0.6 is 11.8 Å². The Balaban J connectivity index is 1.55. The molecule has 2 aromatic rings. The number of esters is 1. The van der Waals surface area contributed by atoms with Crippen LogP contribution in [0.5, 0.6) is 5.75 Å². The van der Waals surface area contributed by atoms with Gasteiger partial charge in [-0.2, -0.15) is 0 Å². The van der Waals surface area contributed by atoms with Crippen LogP contribution in [-0.4, -0.2) is 46.8 Å². The molecule has 1 unspecified atom stereocenters. The first-order valence-electron chi connectivity index (χ1n) is 8.53. The van der Waals surface area contributed by atoms with Crippen molar-refractivity contribution in [2.45, 2.75) is 16.5 Å². The van der Waals surface area contributed by atoms with Crippen molar-refractivity contribution in [1.82, 2.24) is 4.90 Å². The van der Waals surface area contributed by atoms with E-state index in [0.29, 0.717) is 11.9 Å². The molecule has 1 fully saturated rings. The van der Waals surface area contributed by atoms with Crippen LogP contribution in [0, 0.1) is 0 Å². The maximum atomic E-state index is 12.1. The Bertz CT molecular complexity index is 774. The number of carbonyl (C=O) groups excluding carboxylic acids is 1. The summed E-state index contributed by atoms with van der Waals surface area (Å²) in [4.78, 5) is 14.0. The van der Waals surface area contributed by atoms with Crippen LogP contribution in [0.4, 0.5) is 0 Å². The van der Waals surface area contributed by atoms with Gasteiger partial charge < -0.3 is 9.84 Å². The first kappa shape index (κ1) is 18.5. The van der Waals surface area contributed by atoms with Gasteiger partial charge in [0.25, 0.3) is 0 Å². The summed E-state index contributed by atoms with van der Waals surface area (Å²) in [6, 6.07) is 17.0. The summed E-state index contributed by atoms with van der Waals surface area (Å²) < 4.78 is 5.51. The van der Waals surface area contributed by atoms with E-state index < -0.39 is 0 Å². The number of likely N-dealkylation sites (N-methyl/N-ethyl adjacent to an activating group) is 1. The Hall–Kier alpha value is -2.24. The lowest BCUT2D eigenvalue weighted by Gasteiger charge is -2.23. The van der Waals surface area contributed by atoms with Crippen molar-refractivity contribution in [3.63, 3.8) is 0 Å². The standard InChI is InChI=1S/C21H23NO3S/c1-22(2)21(19(26-21)14-17-8-11-18(23)12-9-17)15-25-20(24)13-10-16-6-4-3-5-7-16/h3-13,19,23H,14-15H2,1-2H3/b13-10+/t19?,21-/m1/s1. The minimum atomic E-state index is -0.328. The number of nitrogens with zero attached hydrogens (tertiary/aromatic N) is 1. The third-order valence-electron chi connectivity index (χ3n) is 4.54. The van der Waals surface area contributed by atoms with E-state index in [0.717, 1.165) is 12.0 Å². The Kier molecular flexibility index (Phi) is 5.69. The highest BCUT2D eigenvalue weighted by Crippen LogP contribution is 2.56. The van der Waals surface area contributed by atoms with Crippen LogP contribution in [0.25, 0.3) is 6.08 Å². The fraction of sp³-hybridized carbons (Fsp3) is 0.286. The predicted molar refractivity (Wildman–Crippen MR) is 106 cm³/mol. The summed E-state index contributed by atoms with van der Waals surface area (Å²) >= 11 is 1.81. The number of thioether (sulfide) groups is 1. The van der Waals surface area contributed by atoms with Crippen molar-refractivity contribution >= 4 is 23.8 Å². The van der Waals surface area contributed by atoms with Crippen LogP contribution in [0.3, 0.4) is 0 Å². The zero-order valence-corrected chi connectivity index (χ0v) is 15.8. The molecular formula is C21H23NO3S. The van der Waals surface area contributed by atoms with Gasteiger partial charge in [-0.3, -0.25) is 4.90 Å². The molecular weight excluding hydrogens is 346 g/mol. The molecule has 3 rings (SSSR count). The highest BCUT2D eigenvalue weighted by molar-refractivity contribution is 8.08. The second-order valence-corrected chi connectivity index (χ2v) is 8.08. The summed E-state index contributed by atoms with van der Waals surface area (Å²) in [5.41, 5.74) is 2.14. The first-order chi connectivity index (χ1) is 12.5. The normalized spacial score (nSPS) is 21.9. The van der Waals surface area contributed by atoms with Gasteiger partial charge in [0.05, 0.1) is 0 Å². The molecule has 1 aliphatic heterocycles. The Morgan fingerprint density at radius 3 is 2.54 bits per heavy atom. The molecule has 0 bridgehead atoms. The molecule has 0 amide bonds. The van der Waals surface area contributed by atoms with Crippen LogP contribution < -0.4 is 0 Å². The lowest BCUT2D eigenvalue weighted by molar-refractivity contribution is -0.139. The molecule has 5 heteroatoms. The SMILES string of the molecule is CN(C)[C@]1(COC(=O)/C=C/c2ccccc2)SC1Cc1ccc(O)cc1. The number of hydrogen-bond acceptors (Lipinski definition) is 5. The van der Waals surface area contributed by atoms with Crippen molar-refractivity contribution in [2.75, 3.05) is 20.7 Å². The first-order valence-corrected chi connectivity index (χ1v) is 9.40. The molecule has 1 heterocycles. The molecule has 4 nitrogen and oxygen atoms in total. The zero-order chi connectivity index (χ0) is 18.6. The summed E-state index contributed by atoms with van der Waals surface area (Å²) in [6.45, 7) is 0.353. The molecule has 0 aromatic heterocycles. The number of ether oxygens (including phenoxy) is 1. The number of phenolic OH excluding ortho intramolecular Hbond substituents is 1. The molecule has 136 valence electrons. The number of aromatic hydroxyl groups is 1. The summed E-state index contributed by atoms with van der Waals surface area (Å²) in [6.07, 6.45) is 4.11. The monoisotopic (exact) mass is 369 g/mol. The van der Waals surface area contributed by atoms with E-state index in [2.05, 4.69) is 4.90 Å². The number of phenols is 1. The molecule has 0 radical (unpaired) electrons. The van der Waals surface area contributed by atoms with Crippen molar-refractivity contribution in [3.8, 4) is 5.75 Å². The quantitative estimate of drug-likeness (QED) is 0.459. The van der Waals surface area contributed by atoms with Gasteiger partial charge in [-0.1, -0.05) is 42.5 Å². The summed E-state index contributed by atoms with van der Waals surface area (Å²) in [5.74, 6) is -0.0545. The van der Waals surface area contributed by atoms with Gasteiger partial charge in [-0.15, -0.1) is 11.8 Å². The van der Waals surface area contributed by atoms with Gasteiger partial charge in [-0.25, -0.2) is 4.79 Å². The second kappa shape index (κ2) is 7.98. The molecule has 2 aromatic carbocycles. The average molecular weight is 369 g/mol. The number of hydrogen-bond donors (Lipinski definition) is 1. The average Bonchev–Trinajstić information content (AvgIpc) is 3.35. The number of rotatable bonds is 7. The van der Waals surface area contributed by atoms with Crippen molar-refractivity contribution in [3.05, 3.63) is 71.8 Å². The van der Waals surface area contributed by atoms with Gasteiger partial charge in [0.2, 0.25) is 0 Å². The molecule has 2 atom stereocenters. The highest BCUT2D eigenvalue weighted by Gasteiger charge is 2.58. The number of carbonyl (C=O) groups is 1. The largest absolute Gasteiger partial charge is 0.508 e. The highest BCUT2D eigenvalue weighted by atomic mass is 32.2. The van der Waals surface area contributed by atoms with E-state index in [1.165, 1.54) is 11.6 Å². The minimum absolute atomic E-state index is 0.186. The smallest absolute Gasteiger partial charge is 0.330 e.